The molecule has 0 aliphatic carbocycles. The summed E-state index contributed by atoms with van der Waals surface area (Å²) in [5.41, 5.74) is 0. The van der Waals surface area contributed by atoms with Crippen molar-refractivity contribution in [3.63, 3.8) is 0 Å². The van der Waals surface area contributed by atoms with Crippen molar-refractivity contribution in [3.8, 4) is 0 Å². The van der Waals surface area contributed by atoms with Crippen LogP contribution in [-0.2, 0) is 28.6 Å². The second kappa shape index (κ2) is 55.4. The molecule has 0 bridgehead atoms. The summed E-state index contributed by atoms with van der Waals surface area (Å²) in [7, 11) is 0. The Balaban J connectivity index is 4.41. The van der Waals surface area contributed by atoms with Crippen LogP contribution < -0.4 is 0 Å². The van der Waals surface area contributed by atoms with Gasteiger partial charge in [-0.25, -0.2) is 0 Å². The zero-order chi connectivity index (χ0) is 48.6. The highest BCUT2D eigenvalue weighted by Gasteiger charge is 2.19. The fourth-order valence-corrected chi connectivity index (χ4v) is 8.12. The summed E-state index contributed by atoms with van der Waals surface area (Å²) in [6.07, 6.45) is 70.3. The molecule has 0 radical (unpaired) electrons. The molecule has 67 heavy (non-hydrogen) atoms. The maximum Gasteiger partial charge on any atom is 0.306 e. The first-order chi connectivity index (χ1) is 33.0. The van der Waals surface area contributed by atoms with Crippen molar-refractivity contribution in [3.05, 3.63) is 72.9 Å². The van der Waals surface area contributed by atoms with Gasteiger partial charge in [-0.1, -0.05) is 293 Å². The molecule has 0 saturated carbocycles. The summed E-state index contributed by atoms with van der Waals surface area (Å²) in [5.74, 6) is -0.922. The van der Waals surface area contributed by atoms with Crippen LogP contribution in [-0.4, -0.2) is 37.2 Å². The van der Waals surface area contributed by atoms with Gasteiger partial charge in [-0.05, 0) is 38.5 Å². The number of ether oxygens (including phenoxy) is 3. The van der Waals surface area contributed by atoms with E-state index in [-0.39, 0.29) is 37.5 Å². The predicted octanol–water partition coefficient (Wildman–Crippen LogP) is 19.0. The third-order valence-electron chi connectivity index (χ3n) is 12.4. The van der Waals surface area contributed by atoms with Gasteiger partial charge in [0.1, 0.15) is 13.2 Å². The van der Waals surface area contributed by atoms with E-state index in [1.807, 2.05) is 60.8 Å². The van der Waals surface area contributed by atoms with E-state index in [9.17, 15) is 14.4 Å². The first-order valence-corrected chi connectivity index (χ1v) is 28.5. The maximum atomic E-state index is 12.8. The number of carbonyl (C=O) groups is 3. The molecule has 6 heteroatoms. The van der Waals surface area contributed by atoms with Crippen molar-refractivity contribution in [2.75, 3.05) is 13.2 Å². The number of allylic oxidation sites excluding steroid dienone is 12. The number of carbonyl (C=O) groups excluding carboxylic acids is 3. The molecule has 0 aliphatic rings. The molecule has 0 heterocycles. The Kier molecular flexibility index (Phi) is 52.8. The summed E-state index contributed by atoms with van der Waals surface area (Å²) in [5, 5.41) is 0. The maximum absolute atomic E-state index is 12.8. The zero-order valence-corrected chi connectivity index (χ0v) is 44.2. The van der Waals surface area contributed by atoms with Crippen molar-refractivity contribution in [1.82, 2.24) is 0 Å². The topological polar surface area (TPSA) is 78.9 Å². The molecule has 0 N–H and O–H groups in total. The third kappa shape index (κ3) is 53.7. The highest BCUT2D eigenvalue weighted by molar-refractivity contribution is 5.71. The second-order valence-corrected chi connectivity index (χ2v) is 19.0. The van der Waals surface area contributed by atoms with Crippen molar-refractivity contribution in [2.24, 2.45) is 0 Å². The molecule has 0 amide bonds. The lowest BCUT2D eigenvalue weighted by Crippen LogP contribution is -2.30. The third-order valence-corrected chi connectivity index (χ3v) is 12.4. The van der Waals surface area contributed by atoms with Crippen LogP contribution in [0.1, 0.15) is 278 Å². The molecule has 6 nitrogen and oxygen atoms in total. The number of rotatable bonds is 51. The number of unbranched alkanes of at least 4 members (excludes halogenated alkanes) is 33. The molecule has 386 valence electrons. The van der Waals surface area contributed by atoms with Gasteiger partial charge < -0.3 is 14.2 Å². The predicted molar refractivity (Wildman–Crippen MR) is 288 cm³/mol. The van der Waals surface area contributed by atoms with Gasteiger partial charge in [0, 0.05) is 19.3 Å². The minimum atomic E-state index is -0.796. The van der Waals surface area contributed by atoms with E-state index < -0.39 is 6.10 Å². The average molecular weight is 936 g/mol. The van der Waals surface area contributed by atoms with Crippen LogP contribution in [0.4, 0.5) is 0 Å². The van der Waals surface area contributed by atoms with Crippen LogP contribution in [0.15, 0.2) is 72.9 Å². The van der Waals surface area contributed by atoms with Crippen LogP contribution in [0.5, 0.6) is 0 Å². The Morgan fingerprint density at radius 1 is 0.313 bits per heavy atom. The molecule has 0 aliphatic heterocycles. The van der Waals surface area contributed by atoms with E-state index in [0.717, 1.165) is 64.2 Å². The lowest BCUT2D eigenvalue weighted by atomic mass is 10.0. The lowest BCUT2D eigenvalue weighted by Gasteiger charge is -2.18. The summed E-state index contributed by atoms with van der Waals surface area (Å²) < 4.78 is 16.8. The Bertz CT molecular complexity index is 1260. The van der Waals surface area contributed by atoms with E-state index in [2.05, 4.69) is 32.9 Å². The largest absolute Gasteiger partial charge is 0.462 e. The SMILES string of the molecule is CC\C=C/C=C\C=C/C=C\C=C\C=C/CCCCCC(=O)OC(COC(=O)CCCCCCCCCCCCCCC)COC(=O)CCCCCCCCCCCCCCCCCCCCC. The van der Waals surface area contributed by atoms with Crippen LogP contribution in [0.2, 0.25) is 0 Å². The quantitative estimate of drug-likeness (QED) is 0.0262. The summed E-state index contributed by atoms with van der Waals surface area (Å²) in [6.45, 7) is 6.49. The molecular weight excluding hydrogens is 829 g/mol. The van der Waals surface area contributed by atoms with Crippen molar-refractivity contribution in [1.29, 1.82) is 0 Å². The summed E-state index contributed by atoms with van der Waals surface area (Å²) in [4.78, 5) is 38.1. The highest BCUT2D eigenvalue weighted by Crippen LogP contribution is 2.17. The first-order valence-electron chi connectivity index (χ1n) is 28.5. The monoisotopic (exact) mass is 935 g/mol. The van der Waals surface area contributed by atoms with Gasteiger partial charge in [0.15, 0.2) is 6.10 Å². The Labute approximate surface area is 414 Å². The number of hydrogen-bond donors (Lipinski definition) is 0. The first kappa shape index (κ1) is 63.8. The van der Waals surface area contributed by atoms with Crippen molar-refractivity contribution >= 4 is 17.9 Å². The van der Waals surface area contributed by atoms with Gasteiger partial charge in [-0.15, -0.1) is 0 Å². The minimum Gasteiger partial charge on any atom is -0.462 e. The molecule has 1 atom stereocenters. The molecular formula is C61H106O6. The fourth-order valence-electron chi connectivity index (χ4n) is 8.12. The van der Waals surface area contributed by atoms with E-state index in [4.69, 9.17) is 14.2 Å². The van der Waals surface area contributed by atoms with Gasteiger partial charge in [0.2, 0.25) is 0 Å². The molecule has 0 rings (SSSR count). The fraction of sp³-hybridized carbons (Fsp3) is 0.754. The molecule has 1 unspecified atom stereocenters. The Morgan fingerprint density at radius 2 is 0.582 bits per heavy atom. The molecule has 0 aromatic rings. The number of hydrogen-bond acceptors (Lipinski definition) is 6. The van der Waals surface area contributed by atoms with Crippen LogP contribution in [0.3, 0.4) is 0 Å². The number of esters is 3. The summed E-state index contributed by atoms with van der Waals surface area (Å²) in [6, 6.07) is 0. The highest BCUT2D eigenvalue weighted by atomic mass is 16.6. The normalized spacial score (nSPS) is 12.6. The van der Waals surface area contributed by atoms with Crippen LogP contribution in [0, 0.1) is 0 Å². The minimum absolute atomic E-state index is 0.0901. The van der Waals surface area contributed by atoms with E-state index in [1.54, 1.807) is 0 Å². The molecule has 0 saturated heterocycles. The van der Waals surface area contributed by atoms with E-state index in [0.29, 0.717) is 19.3 Å². The van der Waals surface area contributed by atoms with Crippen LogP contribution in [0.25, 0.3) is 0 Å². The van der Waals surface area contributed by atoms with E-state index in [1.165, 1.54) is 167 Å². The molecule has 0 aromatic carbocycles. The molecule has 0 spiro atoms. The second-order valence-electron chi connectivity index (χ2n) is 19.0. The van der Waals surface area contributed by atoms with E-state index >= 15 is 0 Å². The lowest BCUT2D eigenvalue weighted by molar-refractivity contribution is -0.167. The van der Waals surface area contributed by atoms with Gasteiger partial charge in [0.05, 0.1) is 0 Å². The Morgan fingerprint density at radius 3 is 0.910 bits per heavy atom. The van der Waals surface area contributed by atoms with Gasteiger partial charge in [-0.3, -0.25) is 14.4 Å². The smallest absolute Gasteiger partial charge is 0.306 e. The molecule has 0 aromatic heterocycles. The average Bonchev–Trinajstić information content (AvgIpc) is 3.33. The molecule has 0 fully saturated rings. The van der Waals surface area contributed by atoms with Crippen molar-refractivity contribution < 1.29 is 28.6 Å². The standard InChI is InChI=1S/C61H106O6/c1-4-7-10-13-16-19-22-25-27-29-30-32-33-36-39-42-45-48-51-54-60(63)66-57-58(56-65-59(62)53-50-47-44-41-38-35-24-21-18-15-12-9-6-3)67-61(64)55-52-49-46-43-40-37-34-31-28-26-23-20-17-14-11-8-5-2/h8,11,14,17,20,23,26,28,31,34,37,40,58H,4-7,9-10,12-13,15-16,18-19,21-22,24-25,27,29-30,32-33,35-36,38-39,41-57H2,1-3H3/b11-8-,17-14-,23-20-,28-26-,34-31+,40-37-. The summed E-state index contributed by atoms with van der Waals surface area (Å²) >= 11 is 0. The van der Waals surface area contributed by atoms with Crippen molar-refractivity contribution in [2.45, 2.75) is 284 Å². The Hall–Kier alpha value is -3.15. The van der Waals surface area contributed by atoms with Gasteiger partial charge >= 0.3 is 17.9 Å². The zero-order valence-electron chi connectivity index (χ0n) is 44.2. The van der Waals surface area contributed by atoms with Gasteiger partial charge in [0.25, 0.3) is 0 Å². The van der Waals surface area contributed by atoms with Gasteiger partial charge in [-0.2, -0.15) is 0 Å². The van der Waals surface area contributed by atoms with Crippen LogP contribution >= 0.6 is 0 Å².